The van der Waals surface area contributed by atoms with Crippen LogP contribution < -0.4 is 10.3 Å². The van der Waals surface area contributed by atoms with E-state index in [1.807, 2.05) is 0 Å². The Morgan fingerprint density at radius 3 is 2.83 bits per heavy atom. The molecule has 0 saturated heterocycles. The maximum Gasteiger partial charge on any atom is 0.251 e. The molecule has 1 N–H and O–H groups in total. The Labute approximate surface area is 104 Å². The van der Waals surface area contributed by atoms with Crippen molar-refractivity contribution in [3.8, 4) is 17.0 Å². The molecule has 0 radical (unpaired) electrons. The normalized spacial score (nSPS) is 10.3. The van der Waals surface area contributed by atoms with Gasteiger partial charge in [0, 0.05) is 24.9 Å². The molecule has 0 atom stereocenters. The Kier molecular flexibility index (Phi) is 3.69. The highest BCUT2D eigenvalue weighted by Gasteiger charge is 2.05. The third-order valence-electron chi connectivity index (χ3n) is 2.32. The Balaban J connectivity index is 2.45. The van der Waals surface area contributed by atoms with Crippen molar-refractivity contribution in [1.29, 1.82) is 0 Å². The molecular formula is C12H13N3O3. The van der Waals surface area contributed by atoms with Crippen molar-refractivity contribution in [3.05, 3.63) is 40.7 Å². The van der Waals surface area contributed by atoms with Crippen LogP contribution in [0.25, 0.3) is 11.3 Å². The van der Waals surface area contributed by atoms with Gasteiger partial charge in [-0.2, -0.15) is 0 Å². The van der Waals surface area contributed by atoms with Crippen LogP contribution in [0, 0.1) is 0 Å². The molecule has 18 heavy (non-hydrogen) atoms. The summed E-state index contributed by atoms with van der Waals surface area (Å²) in [5.74, 6) is 1.09. The maximum absolute atomic E-state index is 11.5. The van der Waals surface area contributed by atoms with Crippen LogP contribution in [-0.4, -0.2) is 29.2 Å². The highest BCUT2D eigenvalue weighted by molar-refractivity contribution is 5.59. The topological polar surface area (TPSA) is 77.1 Å². The Bertz CT molecular complexity index is 595. The summed E-state index contributed by atoms with van der Waals surface area (Å²) in [5.41, 5.74) is 1.03. The third kappa shape index (κ3) is 2.72. The number of nitrogens with zero attached hydrogens (tertiary/aromatic N) is 2. The number of nitrogens with one attached hydrogen (secondary N) is 1. The fraction of sp³-hybridized carbons (Fsp3) is 0.250. The fourth-order valence-electron chi connectivity index (χ4n) is 1.53. The molecule has 0 saturated carbocycles. The molecule has 2 heterocycles. The Hall–Kier alpha value is -2.21. The lowest BCUT2D eigenvalue weighted by Crippen LogP contribution is -2.11. The molecule has 0 amide bonds. The minimum atomic E-state index is -0.227. The van der Waals surface area contributed by atoms with Crippen LogP contribution in [0.2, 0.25) is 0 Å². The highest BCUT2D eigenvalue weighted by Crippen LogP contribution is 2.19. The number of rotatable bonds is 4. The molecule has 2 rings (SSSR count). The van der Waals surface area contributed by atoms with E-state index in [1.165, 1.54) is 6.07 Å². The number of aromatic amines is 1. The summed E-state index contributed by atoms with van der Waals surface area (Å²) in [5, 5.41) is 0. The van der Waals surface area contributed by atoms with Crippen molar-refractivity contribution in [2.24, 2.45) is 0 Å². The number of aromatic nitrogens is 3. The Morgan fingerprint density at radius 2 is 2.11 bits per heavy atom. The van der Waals surface area contributed by atoms with Crippen LogP contribution in [0.3, 0.4) is 0 Å². The summed E-state index contributed by atoms with van der Waals surface area (Å²) in [6, 6.07) is 3.18. The molecule has 2 aromatic rings. The van der Waals surface area contributed by atoms with Crippen molar-refractivity contribution in [3.63, 3.8) is 0 Å². The van der Waals surface area contributed by atoms with Gasteiger partial charge in [-0.15, -0.1) is 0 Å². The van der Waals surface area contributed by atoms with Crippen LogP contribution in [0.15, 0.2) is 29.3 Å². The van der Waals surface area contributed by atoms with Crippen molar-refractivity contribution in [1.82, 2.24) is 15.0 Å². The van der Waals surface area contributed by atoms with E-state index in [0.717, 1.165) is 5.56 Å². The first kappa shape index (κ1) is 12.3. The van der Waals surface area contributed by atoms with E-state index in [9.17, 15) is 4.79 Å². The van der Waals surface area contributed by atoms with Gasteiger partial charge < -0.3 is 14.5 Å². The molecular weight excluding hydrogens is 234 g/mol. The predicted molar refractivity (Wildman–Crippen MR) is 65.4 cm³/mol. The van der Waals surface area contributed by atoms with Gasteiger partial charge in [0.1, 0.15) is 18.2 Å². The van der Waals surface area contributed by atoms with Gasteiger partial charge in [0.15, 0.2) is 0 Å². The third-order valence-corrected chi connectivity index (χ3v) is 2.32. The van der Waals surface area contributed by atoms with E-state index in [0.29, 0.717) is 17.3 Å². The van der Waals surface area contributed by atoms with E-state index in [2.05, 4.69) is 15.0 Å². The van der Waals surface area contributed by atoms with Gasteiger partial charge >= 0.3 is 0 Å². The second kappa shape index (κ2) is 5.42. The minimum absolute atomic E-state index is 0.227. The zero-order valence-electron chi connectivity index (χ0n) is 10.1. The quantitative estimate of drug-likeness (QED) is 0.871. The standard InChI is InChI=1S/C12H13N3O3/c1-17-7-11-14-10(4-12(16)15-11)8-3-9(18-2)6-13-5-8/h3-6H,7H2,1-2H3,(H,14,15,16). The summed E-state index contributed by atoms with van der Waals surface area (Å²) in [6.07, 6.45) is 3.22. The summed E-state index contributed by atoms with van der Waals surface area (Å²) in [4.78, 5) is 22.4. The first-order valence-corrected chi connectivity index (χ1v) is 5.31. The number of hydrogen-bond donors (Lipinski definition) is 1. The van der Waals surface area contributed by atoms with E-state index in [4.69, 9.17) is 9.47 Å². The van der Waals surface area contributed by atoms with Gasteiger partial charge in [-0.3, -0.25) is 9.78 Å². The molecule has 0 aliphatic carbocycles. The second-order valence-corrected chi connectivity index (χ2v) is 3.62. The van der Waals surface area contributed by atoms with E-state index < -0.39 is 0 Å². The molecule has 6 nitrogen and oxygen atoms in total. The van der Waals surface area contributed by atoms with Gasteiger partial charge in [-0.1, -0.05) is 0 Å². The van der Waals surface area contributed by atoms with Crippen molar-refractivity contribution in [2.45, 2.75) is 6.61 Å². The van der Waals surface area contributed by atoms with Crippen LogP contribution in [0.1, 0.15) is 5.82 Å². The van der Waals surface area contributed by atoms with Gasteiger partial charge in [-0.25, -0.2) is 4.98 Å². The molecule has 0 bridgehead atoms. The van der Waals surface area contributed by atoms with Crippen LogP contribution in [0.5, 0.6) is 5.75 Å². The van der Waals surface area contributed by atoms with Crippen LogP contribution >= 0.6 is 0 Å². The lowest BCUT2D eigenvalue weighted by molar-refractivity contribution is 0.177. The predicted octanol–water partition coefficient (Wildman–Crippen LogP) is 0.987. The van der Waals surface area contributed by atoms with Crippen LogP contribution in [-0.2, 0) is 11.3 Å². The van der Waals surface area contributed by atoms with Crippen molar-refractivity contribution >= 4 is 0 Å². The molecule has 0 aromatic carbocycles. The molecule has 0 spiro atoms. The number of ether oxygens (including phenoxy) is 2. The van der Waals surface area contributed by atoms with Crippen LogP contribution in [0.4, 0.5) is 0 Å². The van der Waals surface area contributed by atoms with Gasteiger partial charge in [0.25, 0.3) is 5.56 Å². The average molecular weight is 247 g/mol. The zero-order chi connectivity index (χ0) is 13.0. The molecule has 0 unspecified atom stereocenters. The first-order chi connectivity index (χ1) is 8.72. The van der Waals surface area contributed by atoms with Crippen molar-refractivity contribution < 1.29 is 9.47 Å². The first-order valence-electron chi connectivity index (χ1n) is 5.31. The lowest BCUT2D eigenvalue weighted by Gasteiger charge is -2.05. The van der Waals surface area contributed by atoms with Gasteiger partial charge in [-0.05, 0) is 6.07 Å². The maximum atomic E-state index is 11.5. The number of H-pyrrole nitrogens is 1. The molecule has 0 aliphatic rings. The van der Waals surface area contributed by atoms with E-state index in [1.54, 1.807) is 32.7 Å². The minimum Gasteiger partial charge on any atom is -0.495 e. The van der Waals surface area contributed by atoms with Gasteiger partial charge in [0.2, 0.25) is 0 Å². The summed E-state index contributed by atoms with van der Waals surface area (Å²) < 4.78 is 10.0. The second-order valence-electron chi connectivity index (χ2n) is 3.62. The Morgan fingerprint density at radius 1 is 1.28 bits per heavy atom. The van der Waals surface area contributed by atoms with E-state index in [-0.39, 0.29) is 12.2 Å². The lowest BCUT2D eigenvalue weighted by atomic mass is 10.2. The molecule has 2 aromatic heterocycles. The van der Waals surface area contributed by atoms with E-state index >= 15 is 0 Å². The summed E-state index contributed by atoms with van der Waals surface area (Å²) in [7, 11) is 3.10. The average Bonchev–Trinajstić information content (AvgIpc) is 2.38. The smallest absolute Gasteiger partial charge is 0.251 e. The highest BCUT2D eigenvalue weighted by atomic mass is 16.5. The monoisotopic (exact) mass is 247 g/mol. The molecule has 94 valence electrons. The number of methoxy groups -OCH3 is 2. The SMILES string of the molecule is COCc1nc(-c2cncc(OC)c2)cc(=O)[nH]1. The van der Waals surface area contributed by atoms with Gasteiger partial charge in [0.05, 0.1) is 19.0 Å². The summed E-state index contributed by atoms with van der Waals surface area (Å²) >= 11 is 0. The largest absolute Gasteiger partial charge is 0.495 e. The molecule has 6 heteroatoms. The van der Waals surface area contributed by atoms with Crippen molar-refractivity contribution in [2.75, 3.05) is 14.2 Å². The fourth-order valence-corrected chi connectivity index (χ4v) is 1.53. The summed E-state index contributed by atoms with van der Waals surface area (Å²) in [6.45, 7) is 0.250. The molecule has 0 fully saturated rings. The molecule has 0 aliphatic heterocycles. The number of pyridine rings is 1. The zero-order valence-corrected chi connectivity index (χ0v) is 10.1. The number of hydrogen-bond acceptors (Lipinski definition) is 5.